The Bertz CT molecular complexity index is 407. The lowest BCUT2D eigenvalue weighted by atomic mass is 9.85. The minimum atomic E-state index is 0.789. The first-order valence-corrected chi connectivity index (χ1v) is 7.81. The van der Waals surface area contributed by atoms with Crippen LogP contribution in [0.4, 0.5) is 0 Å². The Balaban J connectivity index is 1.61. The molecule has 1 aromatic carbocycles. The molecule has 2 saturated heterocycles. The SMILES string of the molecule is Brc1cccc(CN2CCC3NCCCC3C2)c1. The summed E-state index contributed by atoms with van der Waals surface area (Å²) in [7, 11) is 0. The fourth-order valence-corrected chi connectivity index (χ4v) is 3.80. The number of piperidine rings is 2. The zero-order valence-corrected chi connectivity index (χ0v) is 12.3. The van der Waals surface area contributed by atoms with Gasteiger partial charge in [-0.2, -0.15) is 0 Å². The minimum Gasteiger partial charge on any atom is -0.314 e. The highest BCUT2D eigenvalue weighted by atomic mass is 79.9. The maximum absolute atomic E-state index is 3.68. The molecule has 0 spiro atoms. The van der Waals surface area contributed by atoms with Gasteiger partial charge in [0.2, 0.25) is 0 Å². The molecule has 98 valence electrons. The highest BCUT2D eigenvalue weighted by Gasteiger charge is 2.30. The molecule has 2 heterocycles. The van der Waals surface area contributed by atoms with Gasteiger partial charge in [-0.05, 0) is 56.0 Å². The van der Waals surface area contributed by atoms with E-state index in [0.717, 1.165) is 18.5 Å². The van der Waals surface area contributed by atoms with Crippen LogP contribution in [0.25, 0.3) is 0 Å². The van der Waals surface area contributed by atoms with E-state index in [1.807, 2.05) is 0 Å². The molecule has 3 heteroatoms. The predicted molar refractivity (Wildman–Crippen MR) is 78.6 cm³/mol. The van der Waals surface area contributed by atoms with Gasteiger partial charge < -0.3 is 5.32 Å². The van der Waals surface area contributed by atoms with Crippen molar-refractivity contribution in [2.24, 2.45) is 5.92 Å². The quantitative estimate of drug-likeness (QED) is 0.903. The third kappa shape index (κ3) is 2.95. The van der Waals surface area contributed by atoms with Crippen molar-refractivity contribution in [1.82, 2.24) is 10.2 Å². The summed E-state index contributed by atoms with van der Waals surface area (Å²) in [6.45, 7) is 4.83. The van der Waals surface area contributed by atoms with Crippen LogP contribution in [0.3, 0.4) is 0 Å². The van der Waals surface area contributed by atoms with Crippen molar-refractivity contribution < 1.29 is 0 Å². The maximum Gasteiger partial charge on any atom is 0.0234 e. The van der Waals surface area contributed by atoms with Gasteiger partial charge in [-0.25, -0.2) is 0 Å². The smallest absolute Gasteiger partial charge is 0.0234 e. The largest absolute Gasteiger partial charge is 0.314 e. The molecule has 0 aliphatic carbocycles. The molecule has 2 aliphatic heterocycles. The van der Waals surface area contributed by atoms with Gasteiger partial charge in [0.15, 0.2) is 0 Å². The second-order valence-electron chi connectivity index (χ2n) is 5.62. The van der Waals surface area contributed by atoms with Gasteiger partial charge in [-0.1, -0.05) is 28.1 Å². The van der Waals surface area contributed by atoms with Gasteiger partial charge in [0.05, 0.1) is 0 Å². The fourth-order valence-electron chi connectivity index (χ4n) is 3.36. The number of nitrogens with one attached hydrogen (secondary N) is 1. The lowest BCUT2D eigenvalue weighted by Crippen LogP contribution is -2.51. The molecule has 1 N–H and O–H groups in total. The van der Waals surface area contributed by atoms with Crippen molar-refractivity contribution in [1.29, 1.82) is 0 Å². The van der Waals surface area contributed by atoms with Crippen LogP contribution < -0.4 is 5.32 Å². The van der Waals surface area contributed by atoms with E-state index in [2.05, 4.69) is 50.4 Å². The van der Waals surface area contributed by atoms with E-state index in [4.69, 9.17) is 0 Å². The van der Waals surface area contributed by atoms with E-state index in [1.54, 1.807) is 0 Å². The molecule has 0 radical (unpaired) electrons. The molecule has 3 rings (SSSR count). The number of fused-ring (bicyclic) bond motifs is 1. The van der Waals surface area contributed by atoms with Gasteiger partial charge in [-0.3, -0.25) is 4.90 Å². The lowest BCUT2D eigenvalue weighted by Gasteiger charge is -2.41. The van der Waals surface area contributed by atoms with Crippen molar-refractivity contribution in [3.63, 3.8) is 0 Å². The Hall–Kier alpha value is -0.380. The van der Waals surface area contributed by atoms with Gasteiger partial charge in [0.1, 0.15) is 0 Å². The second kappa shape index (κ2) is 5.72. The lowest BCUT2D eigenvalue weighted by molar-refractivity contribution is 0.109. The van der Waals surface area contributed by atoms with Crippen LogP contribution in [0, 0.1) is 5.92 Å². The van der Waals surface area contributed by atoms with E-state index in [9.17, 15) is 0 Å². The minimum absolute atomic E-state index is 0.789. The van der Waals surface area contributed by atoms with Gasteiger partial charge in [0, 0.05) is 23.6 Å². The molecule has 0 amide bonds. The first-order chi connectivity index (χ1) is 8.81. The predicted octanol–water partition coefficient (Wildman–Crippen LogP) is 3.02. The third-order valence-corrected chi connectivity index (χ3v) is 4.76. The normalized spacial score (nSPS) is 28.9. The summed E-state index contributed by atoms with van der Waals surface area (Å²) in [4.78, 5) is 2.62. The standard InChI is InChI=1S/C15H21BrN2/c16-14-5-1-3-12(9-14)10-18-8-6-15-13(11-18)4-2-7-17-15/h1,3,5,9,13,15,17H,2,4,6-8,10-11H2. The van der Waals surface area contributed by atoms with Crippen molar-refractivity contribution >= 4 is 15.9 Å². The molecule has 2 fully saturated rings. The van der Waals surface area contributed by atoms with E-state index >= 15 is 0 Å². The molecule has 2 unspecified atom stereocenters. The monoisotopic (exact) mass is 308 g/mol. The number of hydrogen-bond acceptors (Lipinski definition) is 2. The van der Waals surface area contributed by atoms with Crippen molar-refractivity contribution in [3.8, 4) is 0 Å². The molecule has 0 bridgehead atoms. The third-order valence-electron chi connectivity index (χ3n) is 4.27. The molecule has 2 nitrogen and oxygen atoms in total. The summed E-state index contributed by atoms with van der Waals surface area (Å²) in [6, 6.07) is 9.49. The summed E-state index contributed by atoms with van der Waals surface area (Å²) in [5, 5.41) is 3.68. The van der Waals surface area contributed by atoms with Crippen LogP contribution in [0.1, 0.15) is 24.8 Å². The van der Waals surface area contributed by atoms with Crippen molar-refractivity contribution in [2.75, 3.05) is 19.6 Å². The van der Waals surface area contributed by atoms with Crippen LogP contribution in [-0.2, 0) is 6.54 Å². The molecular weight excluding hydrogens is 288 g/mol. The number of hydrogen-bond donors (Lipinski definition) is 1. The molecular formula is C15H21BrN2. The zero-order chi connectivity index (χ0) is 12.4. The Kier molecular flexibility index (Phi) is 4.02. The average Bonchev–Trinajstić information content (AvgIpc) is 2.39. The average molecular weight is 309 g/mol. The molecule has 2 aliphatic rings. The van der Waals surface area contributed by atoms with Gasteiger partial charge >= 0.3 is 0 Å². The van der Waals surface area contributed by atoms with Crippen LogP contribution >= 0.6 is 15.9 Å². The van der Waals surface area contributed by atoms with E-state index in [0.29, 0.717) is 0 Å². The highest BCUT2D eigenvalue weighted by molar-refractivity contribution is 9.10. The van der Waals surface area contributed by atoms with Crippen molar-refractivity contribution in [2.45, 2.75) is 31.8 Å². The van der Waals surface area contributed by atoms with Crippen LogP contribution in [0.5, 0.6) is 0 Å². The Morgan fingerprint density at radius 1 is 1.33 bits per heavy atom. The Labute approximate surface area is 118 Å². The summed E-state index contributed by atoms with van der Waals surface area (Å²) in [5.41, 5.74) is 1.42. The second-order valence-corrected chi connectivity index (χ2v) is 6.53. The topological polar surface area (TPSA) is 15.3 Å². The molecule has 1 aromatic rings. The first kappa shape index (κ1) is 12.6. The molecule has 0 saturated carbocycles. The summed E-state index contributed by atoms with van der Waals surface area (Å²) in [6.07, 6.45) is 4.08. The van der Waals surface area contributed by atoms with E-state index in [1.165, 1.54) is 48.9 Å². The van der Waals surface area contributed by atoms with Crippen LogP contribution in [0.15, 0.2) is 28.7 Å². The number of nitrogens with zero attached hydrogens (tertiary/aromatic N) is 1. The van der Waals surface area contributed by atoms with Crippen molar-refractivity contribution in [3.05, 3.63) is 34.3 Å². The fraction of sp³-hybridized carbons (Fsp3) is 0.600. The van der Waals surface area contributed by atoms with Gasteiger partial charge in [0.25, 0.3) is 0 Å². The molecule has 2 atom stereocenters. The first-order valence-electron chi connectivity index (χ1n) is 7.01. The Morgan fingerprint density at radius 3 is 3.17 bits per heavy atom. The summed E-state index contributed by atoms with van der Waals surface area (Å²) >= 11 is 3.55. The molecule has 18 heavy (non-hydrogen) atoms. The van der Waals surface area contributed by atoms with Crippen LogP contribution in [-0.4, -0.2) is 30.6 Å². The van der Waals surface area contributed by atoms with E-state index in [-0.39, 0.29) is 0 Å². The highest BCUT2D eigenvalue weighted by Crippen LogP contribution is 2.26. The number of likely N-dealkylation sites (tertiary alicyclic amines) is 1. The number of halogens is 1. The van der Waals surface area contributed by atoms with Gasteiger partial charge in [-0.15, -0.1) is 0 Å². The zero-order valence-electron chi connectivity index (χ0n) is 10.7. The maximum atomic E-state index is 3.68. The Morgan fingerprint density at radius 2 is 2.28 bits per heavy atom. The number of benzene rings is 1. The van der Waals surface area contributed by atoms with Crippen LogP contribution in [0.2, 0.25) is 0 Å². The summed E-state index contributed by atoms with van der Waals surface area (Å²) in [5.74, 6) is 0.875. The van der Waals surface area contributed by atoms with E-state index < -0.39 is 0 Å². The number of rotatable bonds is 2. The molecule has 0 aromatic heterocycles. The summed E-state index contributed by atoms with van der Waals surface area (Å²) < 4.78 is 1.19.